The Kier molecular flexibility index (Phi) is 5.93. The van der Waals surface area contributed by atoms with Gasteiger partial charge in [-0.15, -0.1) is 0 Å². The first-order valence-electron chi connectivity index (χ1n) is 19.1. The van der Waals surface area contributed by atoms with E-state index in [0.29, 0.717) is 0 Å². The Balaban J connectivity index is 1.00. The quantitative estimate of drug-likeness (QED) is 0.170. The molecule has 7 heteroatoms. The standard InChI is InChI=1S/C49H29B2NO4/c1-52-48-30(28-24-42-46-43(25-28)54-39-21-7-3-17-35(39)50(46)34-16-2-6-20-38(34)53-42)12-10-14-32(48)33-15-11-13-31(49(33)52)29-26-44-47-45(27-29)56-41-23-9-5-19-37(41)51(47)36-18-4-8-22-40(36)55-44/h2-27H,1H3. The van der Waals surface area contributed by atoms with Crippen LogP contribution in [0.4, 0.5) is 0 Å². The molecule has 5 nitrogen and oxygen atoms in total. The molecule has 0 spiro atoms. The van der Waals surface area contributed by atoms with E-state index in [0.717, 1.165) is 112 Å². The van der Waals surface area contributed by atoms with Gasteiger partial charge in [-0.2, -0.15) is 0 Å². The van der Waals surface area contributed by atoms with Crippen LogP contribution in [0.25, 0.3) is 44.1 Å². The Morgan fingerprint density at radius 3 is 1.02 bits per heavy atom. The van der Waals surface area contributed by atoms with Gasteiger partial charge in [0.05, 0.1) is 11.0 Å². The lowest BCUT2D eigenvalue weighted by Crippen LogP contribution is -2.57. The largest absolute Gasteiger partial charge is 0.458 e. The number of aromatic nitrogens is 1. The predicted octanol–water partition coefficient (Wildman–Crippen LogP) is 8.12. The molecule has 0 aliphatic carbocycles. The SMILES string of the molecule is Cn1c2c(-c3cc4c5c(c3)Oc3ccccc3B5c3ccccc3O4)cccc2c2cccc(-c3cc4c5c(c3)Oc3ccccc3B5c3ccccc3O4)c21. The molecular weight excluding hydrogens is 688 g/mol. The van der Waals surface area contributed by atoms with E-state index in [2.05, 4.69) is 145 Å². The number of fused-ring (bicyclic) bond motifs is 11. The lowest BCUT2D eigenvalue weighted by atomic mass is 9.35. The monoisotopic (exact) mass is 717 g/mol. The van der Waals surface area contributed by atoms with E-state index < -0.39 is 0 Å². The maximum absolute atomic E-state index is 6.69. The van der Waals surface area contributed by atoms with E-state index in [-0.39, 0.29) is 13.4 Å². The van der Waals surface area contributed by atoms with Gasteiger partial charge >= 0.3 is 0 Å². The van der Waals surface area contributed by atoms with Gasteiger partial charge in [-0.1, -0.05) is 109 Å². The Morgan fingerprint density at radius 2 is 0.679 bits per heavy atom. The Hall–Kier alpha value is -7.11. The van der Waals surface area contributed by atoms with Crippen LogP contribution in [0, 0.1) is 0 Å². The first kappa shape index (κ1) is 30.2. The van der Waals surface area contributed by atoms with Crippen LogP contribution in [0.5, 0.6) is 46.0 Å². The molecule has 0 radical (unpaired) electrons. The normalized spacial score (nSPS) is 13.6. The molecule has 0 saturated heterocycles. The average molecular weight is 717 g/mol. The average Bonchev–Trinajstić information content (AvgIpc) is 3.54. The fourth-order valence-electron chi connectivity index (χ4n) is 9.92. The summed E-state index contributed by atoms with van der Waals surface area (Å²) in [6.45, 7) is 0.0685. The van der Waals surface area contributed by atoms with Crippen molar-refractivity contribution in [2.75, 3.05) is 0 Å². The number of hydrogen-bond acceptors (Lipinski definition) is 4. The number of rotatable bonds is 2. The van der Waals surface area contributed by atoms with Crippen LogP contribution in [0.2, 0.25) is 0 Å². The summed E-state index contributed by atoms with van der Waals surface area (Å²) in [4.78, 5) is 0. The van der Waals surface area contributed by atoms with Crippen molar-refractivity contribution >= 4 is 68.0 Å². The van der Waals surface area contributed by atoms with Gasteiger partial charge in [0.25, 0.3) is 13.4 Å². The molecule has 0 fully saturated rings. The van der Waals surface area contributed by atoms with Gasteiger partial charge in [0.15, 0.2) is 0 Å². The molecule has 13 rings (SSSR count). The van der Waals surface area contributed by atoms with Crippen molar-refractivity contribution in [3.05, 3.63) is 158 Å². The maximum Gasteiger partial charge on any atom is 0.260 e. The molecule has 56 heavy (non-hydrogen) atoms. The molecule has 0 unspecified atom stereocenters. The highest BCUT2D eigenvalue weighted by atomic mass is 16.5. The molecule has 1 aromatic heterocycles. The van der Waals surface area contributed by atoms with Gasteiger partial charge in [0.2, 0.25) is 0 Å². The van der Waals surface area contributed by atoms with E-state index in [1.54, 1.807) is 0 Å². The van der Waals surface area contributed by atoms with Gasteiger partial charge in [-0.3, -0.25) is 0 Å². The van der Waals surface area contributed by atoms with E-state index in [1.165, 1.54) is 10.8 Å². The summed E-state index contributed by atoms with van der Waals surface area (Å²) >= 11 is 0. The maximum atomic E-state index is 6.69. The number of benzene rings is 8. The highest BCUT2D eigenvalue weighted by Crippen LogP contribution is 2.45. The van der Waals surface area contributed by atoms with Crippen LogP contribution >= 0.6 is 0 Å². The first-order valence-corrected chi connectivity index (χ1v) is 19.1. The highest BCUT2D eigenvalue weighted by Gasteiger charge is 2.42. The van der Waals surface area contributed by atoms with Crippen molar-refractivity contribution in [2.45, 2.75) is 0 Å². The van der Waals surface area contributed by atoms with Crippen molar-refractivity contribution in [1.82, 2.24) is 4.57 Å². The van der Waals surface area contributed by atoms with Gasteiger partial charge in [0, 0.05) is 39.9 Å². The summed E-state index contributed by atoms with van der Waals surface area (Å²) in [6.07, 6.45) is 0. The molecule has 4 aliphatic heterocycles. The lowest BCUT2D eigenvalue weighted by Gasteiger charge is -2.33. The molecule has 0 N–H and O–H groups in total. The minimum atomic E-state index is 0.0342. The van der Waals surface area contributed by atoms with Crippen LogP contribution in [-0.4, -0.2) is 18.0 Å². The number of aryl methyl sites for hydroxylation is 1. The lowest BCUT2D eigenvalue weighted by molar-refractivity contribution is 0.464. The molecule has 9 aromatic rings. The second-order valence-corrected chi connectivity index (χ2v) is 15.2. The zero-order valence-electron chi connectivity index (χ0n) is 30.2. The molecule has 8 aromatic carbocycles. The minimum Gasteiger partial charge on any atom is -0.458 e. The summed E-state index contributed by atoms with van der Waals surface area (Å²) in [5, 5.41) is 2.36. The van der Waals surface area contributed by atoms with Gasteiger partial charge < -0.3 is 23.5 Å². The zero-order chi connectivity index (χ0) is 36.6. The number of ether oxygens (including phenoxy) is 4. The fourth-order valence-corrected chi connectivity index (χ4v) is 9.92. The highest BCUT2D eigenvalue weighted by molar-refractivity contribution is 6.99. The minimum absolute atomic E-state index is 0.0342. The number of hydrogen-bond donors (Lipinski definition) is 0. The Bertz CT molecular complexity index is 2850. The van der Waals surface area contributed by atoms with Gasteiger partial charge in [0.1, 0.15) is 46.0 Å². The molecule has 0 atom stereocenters. The van der Waals surface area contributed by atoms with Crippen molar-refractivity contribution in [3.63, 3.8) is 0 Å². The van der Waals surface area contributed by atoms with Crippen LogP contribution < -0.4 is 51.7 Å². The third kappa shape index (κ3) is 4.01. The van der Waals surface area contributed by atoms with Crippen molar-refractivity contribution < 1.29 is 18.9 Å². The van der Waals surface area contributed by atoms with Crippen molar-refractivity contribution in [2.24, 2.45) is 7.05 Å². The Morgan fingerprint density at radius 1 is 0.357 bits per heavy atom. The summed E-state index contributed by atoms with van der Waals surface area (Å²) in [5.74, 6) is 6.85. The second kappa shape index (κ2) is 11.0. The first-order chi connectivity index (χ1) is 27.7. The van der Waals surface area contributed by atoms with Crippen molar-refractivity contribution in [3.8, 4) is 68.2 Å². The molecular formula is C49H29B2NO4. The smallest absolute Gasteiger partial charge is 0.260 e. The summed E-state index contributed by atoms with van der Waals surface area (Å²) in [7, 11) is 2.17. The molecule has 5 heterocycles. The number of para-hydroxylation sites is 6. The number of nitrogens with zero attached hydrogens (tertiary/aromatic N) is 1. The van der Waals surface area contributed by atoms with Crippen molar-refractivity contribution in [1.29, 1.82) is 0 Å². The van der Waals surface area contributed by atoms with E-state index >= 15 is 0 Å². The van der Waals surface area contributed by atoms with Gasteiger partial charge in [-0.05, 0) is 81.5 Å². The fraction of sp³-hybridized carbons (Fsp3) is 0.0204. The zero-order valence-corrected chi connectivity index (χ0v) is 30.2. The molecule has 260 valence electrons. The van der Waals surface area contributed by atoms with Crippen LogP contribution in [0.15, 0.2) is 158 Å². The van der Waals surface area contributed by atoms with Crippen LogP contribution in [0.3, 0.4) is 0 Å². The predicted molar refractivity (Wildman–Crippen MR) is 227 cm³/mol. The van der Waals surface area contributed by atoms with Crippen LogP contribution in [0.1, 0.15) is 0 Å². The third-order valence-corrected chi connectivity index (χ3v) is 12.2. The molecule has 0 saturated carbocycles. The molecule has 0 amide bonds. The summed E-state index contributed by atoms with van der Waals surface area (Å²) in [6, 6.07) is 55.4. The Labute approximate surface area is 323 Å². The molecule has 4 aliphatic rings. The topological polar surface area (TPSA) is 41.9 Å². The van der Waals surface area contributed by atoms with E-state index in [1.807, 2.05) is 24.3 Å². The molecule has 0 bridgehead atoms. The van der Waals surface area contributed by atoms with E-state index in [4.69, 9.17) is 18.9 Å². The van der Waals surface area contributed by atoms with E-state index in [9.17, 15) is 0 Å². The summed E-state index contributed by atoms with van der Waals surface area (Å²) < 4.78 is 29.1. The van der Waals surface area contributed by atoms with Gasteiger partial charge in [-0.25, -0.2) is 0 Å². The third-order valence-electron chi connectivity index (χ3n) is 12.2. The summed E-state index contributed by atoms with van der Waals surface area (Å²) in [5.41, 5.74) is 13.3. The van der Waals surface area contributed by atoms with Crippen LogP contribution in [-0.2, 0) is 7.05 Å². The second-order valence-electron chi connectivity index (χ2n) is 15.2.